The lowest BCUT2D eigenvalue weighted by Gasteiger charge is -2.10. The van der Waals surface area contributed by atoms with Crippen LogP contribution in [0.1, 0.15) is 44.1 Å². The Hall–Kier alpha value is -2.50. The average molecular weight is 375 g/mol. The number of ether oxygens (including phenoxy) is 1. The summed E-state index contributed by atoms with van der Waals surface area (Å²) in [6.45, 7) is 0.625. The second kappa shape index (κ2) is 8.93. The van der Waals surface area contributed by atoms with Gasteiger partial charge in [-0.3, -0.25) is 4.79 Å². The Bertz CT molecular complexity index is 783. The summed E-state index contributed by atoms with van der Waals surface area (Å²) in [6, 6.07) is 7.79. The van der Waals surface area contributed by atoms with Crippen molar-refractivity contribution in [1.29, 1.82) is 0 Å². The van der Waals surface area contributed by atoms with Gasteiger partial charge in [0.15, 0.2) is 0 Å². The first-order valence-corrected chi connectivity index (χ1v) is 9.33. The van der Waals surface area contributed by atoms with Crippen LogP contribution in [0.25, 0.3) is 11.3 Å². The fraction of sp³-hybridized carbons (Fsp3) is 0.429. The molecule has 0 spiro atoms. The fourth-order valence-corrected chi connectivity index (χ4v) is 2.89. The van der Waals surface area contributed by atoms with Crippen molar-refractivity contribution in [3.05, 3.63) is 47.5 Å². The third-order valence-corrected chi connectivity index (χ3v) is 4.64. The van der Waals surface area contributed by atoms with Gasteiger partial charge in [0.2, 0.25) is 5.88 Å². The van der Waals surface area contributed by atoms with Crippen LogP contribution in [-0.2, 0) is 11.2 Å². The topological polar surface area (TPSA) is 59.4 Å². The smallest absolute Gasteiger partial charge is 0.303 e. The van der Waals surface area contributed by atoms with Crippen molar-refractivity contribution in [1.82, 2.24) is 4.98 Å². The molecule has 4 nitrogen and oxygen atoms in total. The first-order valence-electron chi connectivity index (χ1n) is 9.33. The van der Waals surface area contributed by atoms with Gasteiger partial charge in [0.05, 0.1) is 12.3 Å². The van der Waals surface area contributed by atoms with Gasteiger partial charge in [-0.1, -0.05) is 12.5 Å². The number of aromatic nitrogens is 1. The maximum Gasteiger partial charge on any atom is 0.303 e. The normalized spacial score (nSPS) is 13.6. The Kier molecular flexibility index (Phi) is 6.37. The zero-order valence-corrected chi connectivity index (χ0v) is 15.1. The van der Waals surface area contributed by atoms with Crippen molar-refractivity contribution in [3.63, 3.8) is 0 Å². The largest absolute Gasteiger partial charge is 0.481 e. The van der Waals surface area contributed by atoms with Crippen LogP contribution in [0, 0.1) is 17.6 Å². The Morgan fingerprint density at radius 2 is 1.89 bits per heavy atom. The maximum atomic E-state index is 14.4. The fourth-order valence-electron chi connectivity index (χ4n) is 2.89. The van der Waals surface area contributed by atoms with Crippen LogP contribution in [0.2, 0.25) is 0 Å². The molecule has 1 fully saturated rings. The van der Waals surface area contributed by atoms with Gasteiger partial charge in [0, 0.05) is 23.6 Å². The molecule has 6 heteroatoms. The average Bonchev–Trinajstić information content (AvgIpc) is 3.46. The summed E-state index contributed by atoms with van der Waals surface area (Å²) in [5, 5.41) is 8.61. The van der Waals surface area contributed by atoms with E-state index in [2.05, 4.69) is 4.98 Å². The quantitative estimate of drug-likeness (QED) is 0.594. The third kappa shape index (κ3) is 5.74. The van der Waals surface area contributed by atoms with Crippen LogP contribution in [0.5, 0.6) is 5.88 Å². The molecule has 2 aromatic rings. The molecule has 0 aliphatic heterocycles. The Morgan fingerprint density at radius 1 is 1.15 bits per heavy atom. The molecule has 0 saturated heterocycles. The molecule has 1 heterocycles. The number of carbonyl (C=O) groups is 1. The van der Waals surface area contributed by atoms with Crippen LogP contribution < -0.4 is 4.74 Å². The number of benzene rings is 1. The van der Waals surface area contributed by atoms with Crippen molar-refractivity contribution in [2.45, 2.75) is 44.9 Å². The first kappa shape index (κ1) is 19.3. The van der Waals surface area contributed by atoms with E-state index in [1.807, 2.05) is 0 Å². The molecule has 1 aromatic carbocycles. The molecule has 0 unspecified atom stereocenters. The van der Waals surface area contributed by atoms with E-state index in [-0.39, 0.29) is 18.4 Å². The van der Waals surface area contributed by atoms with Crippen LogP contribution >= 0.6 is 0 Å². The molecule has 0 radical (unpaired) electrons. The number of hydrogen-bond donors (Lipinski definition) is 1. The van der Waals surface area contributed by atoms with Crippen molar-refractivity contribution >= 4 is 5.97 Å². The molecule has 1 aliphatic rings. The number of halogens is 2. The number of rotatable bonds is 10. The van der Waals surface area contributed by atoms with Gasteiger partial charge in [-0.15, -0.1) is 0 Å². The minimum absolute atomic E-state index is 0.0372. The van der Waals surface area contributed by atoms with Gasteiger partial charge >= 0.3 is 5.97 Å². The summed E-state index contributed by atoms with van der Waals surface area (Å²) in [7, 11) is 0. The maximum absolute atomic E-state index is 14.4. The van der Waals surface area contributed by atoms with Gasteiger partial charge in [-0.25, -0.2) is 13.8 Å². The molecule has 0 atom stereocenters. The molecule has 0 amide bonds. The zero-order chi connectivity index (χ0) is 19.2. The Morgan fingerprint density at radius 3 is 2.56 bits per heavy atom. The molecule has 144 valence electrons. The van der Waals surface area contributed by atoms with E-state index in [9.17, 15) is 13.6 Å². The van der Waals surface area contributed by atoms with E-state index < -0.39 is 17.6 Å². The molecule has 27 heavy (non-hydrogen) atoms. The number of hydrogen-bond acceptors (Lipinski definition) is 3. The SMILES string of the molecule is O=C(O)CCCCCc1c(F)cc(-c2cccc(OCC3CC3)n2)cc1F. The van der Waals surface area contributed by atoms with E-state index >= 15 is 0 Å². The molecule has 1 aromatic heterocycles. The molecular weight excluding hydrogens is 352 g/mol. The summed E-state index contributed by atoms with van der Waals surface area (Å²) in [5.41, 5.74) is 0.876. The second-order valence-corrected chi connectivity index (χ2v) is 6.99. The van der Waals surface area contributed by atoms with Gasteiger partial charge in [-0.05, 0) is 56.2 Å². The summed E-state index contributed by atoms with van der Waals surface area (Å²) < 4.78 is 34.4. The van der Waals surface area contributed by atoms with Crippen LogP contribution in [-0.4, -0.2) is 22.7 Å². The van der Waals surface area contributed by atoms with E-state index in [0.717, 1.165) is 0 Å². The van der Waals surface area contributed by atoms with E-state index in [0.29, 0.717) is 48.9 Å². The highest BCUT2D eigenvalue weighted by Gasteiger charge is 2.22. The van der Waals surface area contributed by atoms with Gasteiger partial charge in [0.25, 0.3) is 0 Å². The molecule has 0 bridgehead atoms. The molecule has 1 N–H and O–H groups in total. The first-order chi connectivity index (χ1) is 13.0. The number of aliphatic carboxylic acids is 1. The Balaban J connectivity index is 1.64. The zero-order valence-electron chi connectivity index (χ0n) is 15.1. The number of unbranched alkanes of at least 4 members (excludes halogenated alkanes) is 2. The number of pyridine rings is 1. The summed E-state index contributed by atoms with van der Waals surface area (Å²) in [5.74, 6) is -1.00. The van der Waals surface area contributed by atoms with Crippen LogP contribution in [0.15, 0.2) is 30.3 Å². The summed E-state index contributed by atoms with van der Waals surface area (Å²) in [6.07, 6.45) is 4.35. The van der Waals surface area contributed by atoms with Crippen LogP contribution in [0.4, 0.5) is 8.78 Å². The van der Waals surface area contributed by atoms with E-state index in [1.54, 1.807) is 18.2 Å². The van der Waals surface area contributed by atoms with Gasteiger partial charge < -0.3 is 9.84 Å². The monoisotopic (exact) mass is 375 g/mol. The predicted octanol–water partition coefficient (Wildman–Crippen LogP) is 5.00. The molecule has 1 saturated carbocycles. The molecule has 1 aliphatic carbocycles. The van der Waals surface area contributed by atoms with E-state index in [1.165, 1.54) is 25.0 Å². The van der Waals surface area contributed by atoms with E-state index in [4.69, 9.17) is 9.84 Å². The predicted molar refractivity (Wildman–Crippen MR) is 97.6 cm³/mol. The standard InChI is InChI=1S/C21H23F2NO3/c22-17-11-15(12-18(23)16(17)5-2-1-3-8-21(25)26)19-6-4-7-20(24-19)27-13-14-9-10-14/h4,6-7,11-12,14H,1-3,5,8-10,13H2,(H,25,26). The highest BCUT2D eigenvalue weighted by Crippen LogP contribution is 2.30. The lowest BCUT2D eigenvalue weighted by molar-refractivity contribution is -0.137. The minimum atomic E-state index is -0.854. The van der Waals surface area contributed by atoms with Crippen LogP contribution in [0.3, 0.4) is 0 Å². The number of nitrogens with zero attached hydrogens (tertiary/aromatic N) is 1. The lowest BCUT2D eigenvalue weighted by Crippen LogP contribution is -2.02. The molecule has 3 rings (SSSR count). The number of carboxylic acids is 1. The summed E-state index contributed by atoms with van der Waals surface area (Å²) in [4.78, 5) is 14.8. The molecular formula is C21H23F2NO3. The highest BCUT2D eigenvalue weighted by molar-refractivity contribution is 5.66. The van der Waals surface area contributed by atoms with Crippen molar-refractivity contribution < 1.29 is 23.4 Å². The lowest BCUT2D eigenvalue weighted by atomic mass is 10.0. The second-order valence-electron chi connectivity index (χ2n) is 6.99. The Labute approximate surface area is 157 Å². The van der Waals surface area contributed by atoms with Gasteiger partial charge in [0.1, 0.15) is 11.6 Å². The highest BCUT2D eigenvalue weighted by atomic mass is 19.1. The van der Waals surface area contributed by atoms with Gasteiger partial charge in [-0.2, -0.15) is 0 Å². The van der Waals surface area contributed by atoms with Crippen molar-refractivity contribution in [2.75, 3.05) is 6.61 Å². The summed E-state index contributed by atoms with van der Waals surface area (Å²) >= 11 is 0. The number of carboxylic acid groups (broad SMARTS) is 1. The minimum Gasteiger partial charge on any atom is -0.481 e. The van der Waals surface area contributed by atoms with Crippen molar-refractivity contribution in [2.24, 2.45) is 5.92 Å². The van der Waals surface area contributed by atoms with Crippen molar-refractivity contribution in [3.8, 4) is 17.1 Å². The third-order valence-electron chi connectivity index (χ3n) is 4.64.